The number of amides is 1. The predicted octanol–water partition coefficient (Wildman–Crippen LogP) is 3.58. The van der Waals surface area contributed by atoms with Crippen molar-refractivity contribution in [3.63, 3.8) is 0 Å². The maximum absolute atomic E-state index is 12.5. The standard InChI is InChI=1S/C18H19BrN6O/c19-14-5-7-15(8-6-14)24-18(26)16-4-3-10-21-17(16)20-9-1-2-11-25-12-22-23-13-25/h3-8,10,12-13H,1-2,9,11H2,(H,20,21)(H,24,26). The number of aromatic nitrogens is 4. The van der Waals surface area contributed by atoms with Crippen LogP contribution in [0.15, 0.2) is 59.7 Å². The lowest BCUT2D eigenvalue weighted by molar-refractivity contribution is 0.102. The number of hydrogen-bond donors (Lipinski definition) is 2. The van der Waals surface area contributed by atoms with Crippen LogP contribution >= 0.6 is 15.9 Å². The topological polar surface area (TPSA) is 84.7 Å². The fraction of sp³-hybridized carbons (Fsp3) is 0.222. The fourth-order valence-corrected chi connectivity index (χ4v) is 2.69. The number of hydrogen-bond acceptors (Lipinski definition) is 5. The molecule has 0 radical (unpaired) electrons. The molecule has 134 valence electrons. The molecule has 1 aromatic carbocycles. The van der Waals surface area contributed by atoms with Crippen molar-refractivity contribution in [2.75, 3.05) is 17.2 Å². The van der Waals surface area contributed by atoms with Gasteiger partial charge in [0.2, 0.25) is 0 Å². The first-order chi connectivity index (χ1) is 12.7. The van der Waals surface area contributed by atoms with E-state index in [-0.39, 0.29) is 5.91 Å². The molecule has 2 N–H and O–H groups in total. The Morgan fingerprint density at radius 2 is 1.85 bits per heavy atom. The zero-order valence-electron chi connectivity index (χ0n) is 14.1. The second-order valence-corrected chi connectivity index (χ2v) is 6.61. The first kappa shape index (κ1) is 18.1. The molecule has 3 aromatic rings. The molecule has 1 amide bonds. The Hall–Kier alpha value is -2.74. The van der Waals surface area contributed by atoms with E-state index >= 15 is 0 Å². The highest BCUT2D eigenvalue weighted by molar-refractivity contribution is 9.10. The molecular weight excluding hydrogens is 396 g/mol. The number of aryl methyl sites for hydroxylation is 1. The van der Waals surface area contributed by atoms with Gasteiger partial charge in [-0.25, -0.2) is 4.98 Å². The fourth-order valence-electron chi connectivity index (χ4n) is 2.42. The van der Waals surface area contributed by atoms with E-state index in [9.17, 15) is 4.79 Å². The highest BCUT2D eigenvalue weighted by atomic mass is 79.9. The summed E-state index contributed by atoms with van der Waals surface area (Å²) in [7, 11) is 0. The number of nitrogens with one attached hydrogen (secondary N) is 2. The summed E-state index contributed by atoms with van der Waals surface area (Å²) < 4.78 is 2.91. The zero-order chi connectivity index (χ0) is 18.2. The molecule has 7 nitrogen and oxygen atoms in total. The summed E-state index contributed by atoms with van der Waals surface area (Å²) in [6.07, 6.45) is 7.02. The number of pyridine rings is 1. The van der Waals surface area contributed by atoms with Gasteiger partial charge in [-0.1, -0.05) is 15.9 Å². The van der Waals surface area contributed by atoms with Crippen molar-refractivity contribution in [3.8, 4) is 0 Å². The molecule has 0 atom stereocenters. The third-order valence-corrected chi connectivity index (χ3v) is 4.29. The summed E-state index contributed by atoms with van der Waals surface area (Å²) >= 11 is 3.38. The minimum absolute atomic E-state index is 0.188. The first-order valence-corrected chi connectivity index (χ1v) is 9.10. The van der Waals surface area contributed by atoms with Crippen LogP contribution < -0.4 is 10.6 Å². The highest BCUT2D eigenvalue weighted by Gasteiger charge is 2.12. The van der Waals surface area contributed by atoms with Crippen LogP contribution in [0.3, 0.4) is 0 Å². The number of nitrogens with zero attached hydrogens (tertiary/aromatic N) is 4. The lowest BCUT2D eigenvalue weighted by Crippen LogP contribution is -2.16. The van der Waals surface area contributed by atoms with E-state index in [1.807, 2.05) is 28.8 Å². The first-order valence-electron chi connectivity index (χ1n) is 8.30. The van der Waals surface area contributed by atoms with Crippen LogP contribution in [-0.4, -0.2) is 32.2 Å². The largest absolute Gasteiger partial charge is 0.369 e. The van der Waals surface area contributed by atoms with Crippen LogP contribution in [0.2, 0.25) is 0 Å². The normalized spacial score (nSPS) is 10.5. The zero-order valence-corrected chi connectivity index (χ0v) is 15.7. The molecule has 0 aliphatic heterocycles. The molecule has 0 unspecified atom stereocenters. The Bertz CT molecular complexity index is 835. The van der Waals surface area contributed by atoms with Gasteiger partial charge in [0.15, 0.2) is 0 Å². The van der Waals surface area contributed by atoms with E-state index in [4.69, 9.17) is 0 Å². The van der Waals surface area contributed by atoms with Gasteiger partial charge in [0.05, 0.1) is 5.56 Å². The van der Waals surface area contributed by atoms with Gasteiger partial charge in [0, 0.05) is 29.4 Å². The Labute approximate surface area is 160 Å². The Morgan fingerprint density at radius 3 is 2.62 bits per heavy atom. The smallest absolute Gasteiger partial charge is 0.259 e. The molecule has 0 saturated heterocycles. The van der Waals surface area contributed by atoms with Crippen molar-refractivity contribution in [2.45, 2.75) is 19.4 Å². The number of rotatable bonds is 8. The lowest BCUT2D eigenvalue weighted by Gasteiger charge is -2.11. The van der Waals surface area contributed by atoms with Crippen LogP contribution in [0.4, 0.5) is 11.5 Å². The third-order valence-electron chi connectivity index (χ3n) is 3.76. The van der Waals surface area contributed by atoms with Crippen LogP contribution in [0.5, 0.6) is 0 Å². The van der Waals surface area contributed by atoms with E-state index in [0.29, 0.717) is 11.4 Å². The second-order valence-electron chi connectivity index (χ2n) is 5.69. The number of carbonyl (C=O) groups is 1. The summed E-state index contributed by atoms with van der Waals surface area (Å²) in [5.41, 5.74) is 1.26. The van der Waals surface area contributed by atoms with E-state index < -0.39 is 0 Å². The monoisotopic (exact) mass is 414 g/mol. The summed E-state index contributed by atoms with van der Waals surface area (Å²) in [5.74, 6) is 0.402. The summed E-state index contributed by atoms with van der Waals surface area (Å²) in [6.45, 7) is 1.60. The molecule has 0 spiro atoms. The van der Waals surface area contributed by atoms with Crippen molar-refractivity contribution >= 4 is 33.3 Å². The number of unbranched alkanes of at least 4 members (excludes halogenated alkanes) is 1. The second kappa shape index (κ2) is 9.10. The van der Waals surface area contributed by atoms with Gasteiger partial charge in [-0.05, 0) is 49.2 Å². The van der Waals surface area contributed by atoms with Gasteiger partial charge in [-0.15, -0.1) is 10.2 Å². The van der Waals surface area contributed by atoms with Gasteiger partial charge in [0.25, 0.3) is 5.91 Å². The van der Waals surface area contributed by atoms with E-state index in [2.05, 4.69) is 41.7 Å². The quantitative estimate of drug-likeness (QED) is 0.550. The predicted molar refractivity (Wildman–Crippen MR) is 104 cm³/mol. The molecule has 0 aliphatic carbocycles. The SMILES string of the molecule is O=C(Nc1ccc(Br)cc1)c1cccnc1NCCCCn1cnnc1. The Kier molecular flexibility index (Phi) is 6.32. The molecular formula is C18H19BrN6O. The molecule has 2 aromatic heterocycles. The molecule has 2 heterocycles. The average molecular weight is 415 g/mol. The lowest BCUT2D eigenvalue weighted by atomic mass is 10.2. The van der Waals surface area contributed by atoms with Gasteiger partial charge < -0.3 is 15.2 Å². The molecule has 0 saturated carbocycles. The maximum Gasteiger partial charge on any atom is 0.259 e. The minimum atomic E-state index is -0.188. The molecule has 26 heavy (non-hydrogen) atoms. The number of carbonyl (C=O) groups excluding carboxylic acids is 1. The molecule has 0 bridgehead atoms. The Morgan fingerprint density at radius 1 is 1.08 bits per heavy atom. The van der Waals surface area contributed by atoms with Crippen molar-refractivity contribution in [1.82, 2.24) is 19.7 Å². The third kappa shape index (κ3) is 5.13. The van der Waals surface area contributed by atoms with E-state index in [1.165, 1.54) is 0 Å². The number of halogens is 1. The van der Waals surface area contributed by atoms with Crippen molar-refractivity contribution in [2.24, 2.45) is 0 Å². The van der Waals surface area contributed by atoms with Crippen LogP contribution in [-0.2, 0) is 6.54 Å². The van der Waals surface area contributed by atoms with Crippen LogP contribution in [0, 0.1) is 0 Å². The Balaban J connectivity index is 1.53. The molecule has 3 rings (SSSR count). The summed E-state index contributed by atoms with van der Waals surface area (Å²) in [5, 5.41) is 13.7. The summed E-state index contributed by atoms with van der Waals surface area (Å²) in [6, 6.07) is 11.0. The van der Waals surface area contributed by atoms with Crippen molar-refractivity contribution in [1.29, 1.82) is 0 Å². The maximum atomic E-state index is 12.5. The van der Waals surface area contributed by atoms with E-state index in [1.54, 1.807) is 31.0 Å². The van der Waals surface area contributed by atoms with Crippen LogP contribution in [0.25, 0.3) is 0 Å². The molecule has 8 heteroatoms. The van der Waals surface area contributed by atoms with Gasteiger partial charge in [0.1, 0.15) is 18.5 Å². The van der Waals surface area contributed by atoms with Gasteiger partial charge >= 0.3 is 0 Å². The summed E-state index contributed by atoms with van der Waals surface area (Å²) in [4.78, 5) is 16.8. The van der Waals surface area contributed by atoms with E-state index in [0.717, 1.165) is 36.1 Å². The number of anilines is 2. The van der Waals surface area contributed by atoms with Crippen LogP contribution in [0.1, 0.15) is 23.2 Å². The highest BCUT2D eigenvalue weighted by Crippen LogP contribution is 2.17. The van der Waals surface area contributed by atoms with Crippen molar-refractivity contribution in [3.05, 3.63) is 65.3 Å². The average Bonchev–Trinajstić information content (AvgIpc) is 3.17. The van der Waals surface area contributed by atoms with Gasteiger partial charge in [-0.2, -0.15) is 0 Å². The molecule has 0 fully saturated rings. The van der Waals surface area contributed by atoms with Gasteiger partial charge in [-0.3, -0.25) is 4.79 Å². The molecule has 0 aliphatic rings. The van der Waals surface area contributed by atoms with Crippen molar-refractivity contribution < 1.29 is 4.79 Å². The minimum Gasteiger partial charge on any atom is -0.369 e. The number of benzene rings is 1.